The van der Waals surface area contributed by atoms with Crippen molar-refractivity contribution in [2.45, 2.75) is 115 Å². The van der Waals surface area contributed by atoms with Gasteiger partial charge in [0.05, 0.1) is 24.5 Å². The predicted octanol–water partition coefficient (Wildman–Crippen LogP) is 10.1. The van der Waals surface area contributed by atoms with Crippen molar-refractivity contribution >= 4 is 23.7 Å². The quantitative estimate of drug-likeness (QED) is 0.126. The molecule has 1 fully saturated rings. The molecule has 5 atom stereocenters. The highest BCUT2D eigenvalue weighted by atomic mass is 32.2. The van der Waals surface area contributed by atoms with Gasteiger partial charge in [0.1, 0.15) is 6.61 Å². The molecule has 3 aromatic rings. The minimum atomic E-state index is -1.08. The first-order chi connectivity index (χ1) is 24.1. The highest BCUT2D eigenvalue weighted by Gasteiger charge is 2.48. The second-order valence-corrected chi connectivity index (χ2v) is 16.4. The normalized spacial score (nSPS) is 17.6. The maximum Gasteiger partial charge on any atom is 0.311 e. The van der Waals surface area contributed by atoms with Gasteiger partial charge in [-0.3, -0.25) is 9.59 Å². The van der Waals surface area contributed by atoms with Crippen molar-refractivity contribution in [3.8, 4) is 0 Å². The molecule has 4 rings (SSSR count). The van der Waals surface area contributed by atoms with Crippen molar-refractivity contribution in [3.05, 3.63) is 108 Å². The third-order valence-electron chi connectivity index (χ3n) is 10.9. The van der Waals surface area contributed by atoms with Crippen molar-refractivity contribution in [3.63, 3.8) is 0 Å². The van der Waals surface area contributed by atoms with Crippen molar-refractivity contribution in [1.29, 1.82) is 0 Å². The Bertz CT molecular complexity index is 1390. The van der Waals surface area contributed by atoms with Crippen LogP contribution in [0.15, 0.2) is 91.0 Å². The average Bonchev–Trinajstić information content (AvgIpc) is 3.16. The van der Waals surface area contributed by atoms with Gasteiger partial charge < -0.3 is 14.6 Å². The second-order valence-electron chi connectivity index (χ2n) is 15.1. The number of thioether (sulfide) groups is 1. The fraction of sp³-hybridized carbons (Fsp3) is 0.545. The number of carbonyl (C=O) groups is 2. The summed E-state index contributed by atoms with van der Waals surface area (Å²) < 4.78 is 11.2. The van der Waals surface area contributed by atoms with Gasteiger partial charge in [-0.2, -0.15) is 11.8 Å². The molecule has 1 N–H and O–H groups in total. The van der Waals surface area contributed by atoms with E-state index in [1.807, 2.05) is 26.0 Å². The molecule has 0 saturated heterocycles. The summed E-state index contributed by atoms with van der Waals surface area (Å²) in [5.41, 5.74) is 1.87. The van der Waals surface area contributed by atoms with Gasteiger partial charge in [0.2, 0.25) is 0 Å². The van der Waals surface area contributed by atoms with Crippen molar-refractivity contribution in [2.75, 3.05) is 19.5 Å². The van der Waals surface area contributed by atoms with Crippen LogP contribution in [0.3, 0.4) is 0 Å². The molecule has 0 radical (unpaired) electrons. The topological polar surface area (TPSA) is 72.8 Å². The highest BCUT2D eigenvalue weighted by Crippen LogP contribution is 2.51. The summed E-state index contributed by atoms with van der Waals surface area (Å²) in [6, 6.07) is 31.8. The average molecular weight is 701 g/mol. The van der Waals surface area contributed by atoms with E-state index < -0.39 is 22.9 Å². The van der Waals surface area contributed by atoms with Gasteiger partial charge in [0.15, 0.2) is 0 Å². The van der Waals surface area contributed by atoms with Gasteiger partial charge in [0.25, 0.3) is 0 Å². The molecule has 0 spiro atoms. The zero-order chi connectivity index (χ0) is 36.0. The molecule has 0 aliphatic heterocycles. The molecule has 3 aromatic carbocycles. The number of esters is 2. The maximum absolute atomic E-state index is 14.5. The first-order valence-electron chi connectivity index (χ1n) is 18.8. The predicted molar refractivity (Wildman–Crippen MR) is 206 cm³/mol. The molecule has 0 aromatic heterocycles. The van der Waals surface area contributed by atoms with E-state index in [0.29, 0.717) is 23.3 Å². The Kier molecular flexibility index (Phi) is 15.5. The lowest BCUT2D eigenvalue weighted by Crippen LogP contribution is -2.43. The van der Waals surface area contributed by atoms with E-state index in [4.69, 9.17) is 9.47 Å². The van der Waals surface area contributed by atoms with E-state index in [1.54, 1.807) is 11.8 Å². The van der Waals surface area contributed by atoms with Crippen LogP contribution in [0, 0.1) is 17.3 Å². The molecule has 1 saturated carbocycles. The Hall–Kier alpha value is -3.09. The minimum absolute atomic E-state index is 0.0644. The van der Waals surface area contributed by atoms with Gasteiger partial charge in [-0.15, -0.1) is 0 Å². The number of rotatable bonds is 19. The fourth-order valence-electron chi connectivity index (χ4n) is 8.06. The SMILES string of the molecule is CCC(C)CC(CC(CC(C)(CC(C)C(=O)OC)C(=O)OCC(O)CSC1CCCCC1)(c1ccccc1)c1ccccc1)c1ccccc1. The standard InChI is InChI=1S/C44H60O5S/c1-6-33(2)27-36(35-19-11-7-12-20-35)29-44(37-21-13-8-14-22-37,38-23-15-9-16-24-38)32-43(4,28-34(3)41(46)48-5)42(47)49-30-39(45)31-50-40-25-17-10-18-26-40/h7-9,11-16,19-24,33-34,36,39-40,45H,6,10,17-18,25-32H2,1-5H3. The molecule has 5 nitrogen and oxygen atoms in total. The van der Waals surface area contributed by atoms with Crippen LogP contribution in [0.4, 0.5) is 0 Å². The molecule has 1 aliphatic rings. The molecular weight excluding hydrogens is 641 g/mol. The smallest absolute Gasteiger partial charge is 0.311 e. The number of ether oxygens (including phenoxy) is 2. The van der Waals surface area contributed by atoms with Gasteiger partial charge >= 0.3 is 11.9 Å². The molecule has 6 heteroatoms. The minimum Gasteiger partial charge on any atom is -0.469 e. The highest BCUT2D eigenvalue weighted by molar-refractivity contribution is 7.99. The number of aliphatic hydroxyl groups is 1. The number of carbonyl (C=O) groups excluding carboxylic acids is 2. The third kappa shape index (κ3) is 11.0. The molecular formula is C44H60O5S. The summed E-state index contributed by atoms with van der Waals surface area (Å²) in [6.45, 7) is 8.28. The van der Waals surface area contributed by atoms with Crippen LogP contribution in [-0.4, -0.2) is 47.9 Å². The van der Waals surface area contributed by atoms with Gasteiger partial charge in [-0.05, 0) is 74.0 Å². The van der Waals surface area contributed by atoms with Crippen LogP contribution >= 0.6 is 11.8 Å². The maximum atomic E-state index is 14.5. The van der Waals surface area contributed by atoms with Gasteiger partial charge in [-0.25, -0.2) is 0 Å². The van der Waals surface area contributed by atoms with Crippen LogP contribution in [-0.2, 0) is 24.5 Å². The number of hydrogen-bond acceptors (Lipinski definition) is 6. The van der Waals surface area contributed by atoms with E-state index in [-0.39, 0.29) is 30.9 Å². The van der Waals surface area contributed by atoms with Crippen LogP contribution in [0.5, 0.6) is 0 Å². The lowest BCUT2D eigenvalue weighted by atomic mass is 9.59. The van der Waals surface area contributed by atoms with Crippen molar-refractivity contribution < 1.29 is 24.2 Å². The first kappa shape index (κ1) is 39.7. The molecule has 50 heavy (non-hydrogen) atoms. The molecule has 5 unspecified atom stereocenters. The van der Waals surface area contributed by atoms with E-state index >= 15 is 0 Å². The molecule has 0 bridgehead atoms. The Labute approximate surface area is 305 Å². The van der Waals surface area contributed by atoms with E-state index in [1.165, 1.54) is 44.8 Å². The summed E-state index contributed by atoms with van der Waals surface area (Å²) in [5.74, 6) is -0.00366. The number of hydrogen-bond donors (Lipinski definition) is 1. The summed E-state index contributed by atoms with van der Waals surface area (Å²) in [4.78, 5) is 27.5. The molecule has 0 heterocycles. The van der Waals surface area contributed by atoms with Crippen molar-refractivity contribution in [2.24, 2.45) is 17.3 Å². The van der Waals surface area contributed by atoms with Crippen molar-refractivity contribution in [1.82, 2.24) is 0 Å². The summed E-state index contributed by atoms with van der Waals surface area (Å²) >= 11 is 1.80. The molecule has 1 aliphatic carbocycles. The van der Waals surface area contributed by atoms with Crippen LogP contribution in [0.1, 0.15) is 115 Å². The number of aliphatic hydroxyl groups excluding tert-OH is 1. The second kappa shape index (κ2) is 19.5. The summed E-state index contributed by atoms with van der Waals surface area (Å²) in [5, 5.41) is 11.5. The van der Waals surface area contributed by atoms with Crippen LogP contribution < -0.4 is 0 Å². The van der Waals surface area contributed by atoms with E-state index in [2.05, 4.69) is 92.7 Å². The Morgan fingerprint density at radius 1 is 0.860 bits per heavy atom. The third-order valence-corrected chi connectivity index (χ3v) is 12.5. The Morgan fingerprint density at radius 3 is 1.96 bits per heavy atom. The molecule has 0 amide bonds. The van der Waals surface area contributed by atoms with E-state index in [0.717, 1.165) is 30.4 Å². The lowest BCUT2D eigenvalue weighted by Gasteiger charge is -2.44. The number of benzene rings is 3. The number of methoxy groups -OCH3 is 1. The zero-order valence-corrected chi connectivity index (χ0v) is 31.8. The zero-order valence-electron chi connectivity index (χ0n) is 31.0. The van der Waals surface area contributed by atoms with E-state index in [9.17, 15) is 14.7 Å². The first-order valence-corrected chi connectivity index (χ1v) is 19.9. The van der Waals surface area contributed by atoms with Gasteiger partial charge in [0, 0.05) is 16.4 Å². The Morgan fingerprint density at radius 2 is 1.42 bits per heavy atom. The van der Waals surface area contributed by atoms with Crippen LogP contribution in [0.25, 0.3) is 0 Å². The fourth-order valence-corrected chi connectivity index (χ4v) is 9.31. The molecule has 272 valence electrons. The van der Waals surface area contributed by atoms with Crippen LogP contribution in [0.2, 0.25) is 0 Å². The van der Waals surface area contributed by atoms with Gasteiger partial charge in [-0.1, -0.05) is 137 Å². The summed E-state index contributed by atoms with van der Waals surface area (Å²) in [7, 11) is 1.40. The summed E-state index contributed by atoms with van der Waals surface area (Å²) in [6.07, 6.45) is 8.92. The largest absolute Gasteiger partial charge is 0.469 e. The lowest BCUT2D eigenvalue weighted by molar-refractivity contribution is -0.161. The monoisotopic (exact) mass is 700 g/mol. The Balaban J connectivity index is 1.76.